The molecule has 0 aliphatic carbocycles. The highest BCUT2D eigenvalue weighted by Crippen LogP contribution is 2.38. The van der Waals surface area contributed by atoms with Crippen LogP contribution in [0.3, 0.4) is 0 Å². The van der Waals surface area contributed by atoms with E-state index < -0.39 is 0 Å². The van der Waals surface area contributed by atoms with Crippen LogP contribution in [0.1, 0.15) is 59.8 Å². The van der Waals surface area contributed by atoms with Crippen molar-refractivity contribution in [2.75, 3.05) is 32.5 Å². The van der Waals surface area contributed by atoms with E-state index in [4.69, 9.17) is 16.3 Å². The number of likely N-dealkylation sites (tertiary alicyclic amines) is 2. The summed E-state index contributed by atoms with van der Waals surface area (Å²) in [6.45, 7) is 6.85. The summed E-state index contributed by atoms with van der Waals surface area (Å²) >= 11 is 6.30. The van der Waals surface area contributed by atoms with E-state index >= 15 is 0 Å². The third-order valence-corrected chi connectivity index (χ3v) is 8.32. The Morgan fingerprint density at radius 3 is 2.66 bits per heavy atom. The first kappa shape index (κ1) is 26.9. The second kappa shape index (κ2) is 11.2. The van der Waals surface area contributed by atoms with E-state index in [0.717, 1.165) is 56.0 Å². The van der Waals surface area contributed by atoms with E-state index in [1.807, 2.05) is 13.0 Å². The first-order valence-electron chi connectivity index (χ1n) is 13.7. The van der Waals surface area contributed by atoms with Crippen LogP contribution in [-0.4, -0.2) is 83.1 Å². The Kier molecular flexibility index (Phi) is 7.93. The SMILES string of the molecule is CCc1cc(CN2CCC(N3C(=O)CCC3C3OC3Nc3cc(C(=O)N(C)C)cc(C)n3)CC2)ccc1Cl. The molecule has 2 amide bonds. The second-order valence-corrected chi connectivity index (χ2v) is 11.3. The van der Waals surface area contributed by atoms with Crippen LogP contribution in [0, 0.1) is 6.92 Å². The van der Waals surface area contributed by atoms with Gasteiger partial charge in [0.2, 0.25) is 5.91 Å². The number of hydrogen-bond acceptors (Lipinski definition) is 6. The minimum atomic E-state index is -0.206. The van der Waals surface area contributed by atoms with Gasteiger partial charge in [0.1, 0.15) is 11.9 Å². The molecule has 38 heavy (non-hydrogen) atoms. The van der Waals surface area contributed by atoms with Crippen molar-refractivity contribution in [2.24, 2.45) is 0 Å². The van der Waals surface area contributed by atoms with Gasteiger partial charge in [-0.3, -0.25) is 14.5 Å². The molecule has 3 fully saturated rings. The van der Waals surface area contributed by atoms with Gasteiger partial charge in [-0.2, -0.15) is 0 Å². The Morgan fingerprint density at radius 2 is 1.95 bits per heavy atom. The van der Waals surface area contributed by atoms with Crippen molar-refractivity contribution in [2.45, 2.75) is 76.9 Å². The first-order valence-corrected chi connectivity index (χ1v) is 14.0. The lowest BCUT2D eigenvalue weighted by atomic mass is 10.00. The average molecular weight is 540 g/mol. The first-order chi connectivity index (χ1) is 18.2. The molecule has 3 aliphatic heterocycles. The second-order valence-electron chi connectivity index (χ2n) is 10.9. The van der Waals surface area contributed by atoms with Crippen LogP contribution < -0.4 is 5.32 Å². The molecule has 5 rings (SSSR count). The van der Waals surface area contributed by atoms with E-state index in [0.29, 0.717) is 17.8 Å². The van der Waals surface area contributed by atoms with Gasteiger partial charge in [-0.15, -0.1) is 0 Å². The molecular formula is C29H38ClN5O3. The smallest absolute Gasteiger partial charge is 0.253 e. The fourth-order valence-corrected chi connectivity index (χ4v) is 6.19. The third kappa shape index (κ3) is 5.82. The van der Waals surface area contributed by atoms with Gasteiger partial charge in [0, 0.05) is 62.5 Å². The number of carbonyl (C=O) groups is 2. The summed E-state index contributed by atoms with van der Waals surface area (Å²) in [7, 11) is 3.47. The van der Waals surface area contributed by atoms with Crippen molar-refractivity contribution in [1.29, 1.82) is 0 Å². The number of aryl methyl sites for hydroxylation is 2. The molecule has 1 aromatic carbocycles. The quantitative estimate of drug-likeness (QED) is 0.509. The number of anilines is 1. The average Bonchev–Trinajstić information content (AvgIpc) is 3.54. The predicted molar refractivity (Wildman–Crippen MR) is 148 cm³/mol. The molecule has 2 aromatic rings. The van der Waals surface area contributed by atoms with Gasteiger partial charge in [0.05, 0.1) is 6.04 Å². The van der Waals surface area contributed by atoms with Gasteiger partial charge < -0.3 is 19.9 Å². The Morgan fingerprint density at radius 1 is 1.18 bits per heavy atom. The summed E-state index contributed by atoms with van der Waals surface area (Å²) in [5.74, 6) is 0.799. The molecule has 3 aliphatic rings. The Hall–Kier alpha value is -2.68. The van der Waals surface area contributed by atoms with E-state index in [-0.39, 0.29) is 36.2 Å². The van der Waals surface area contributed by atoms with Gasteiger partial charge in [0.15, 0.2) is 6.23 Å². The highest BCUT2D eigenvalue weighted by Gasteiger charge is 2.52. The number of benzene rings is 1. The molecule has 3 unspecified atom stereocenters. The summed E-state index contributed by atoms with van der Waals surface area (Å²) in [6.07, 6.45) is 4.00. The van der Waals surface area contributed by atoms with Crippen LogP contribution in [0.5, 0.6) is 0 Å². The van der Waals surface area contributed by atoms with Crippen molar-refractivity contribution < 1.29 is 14.3 Å². The van der Waals surface area contributed by atoms with Crippen LogP contribution in [0.25, 0.3) is 0 Å². The number of carbonyl (C=O) groups excluding carboxylic acids is 2. The molecule has 8 nitrogen and oxygen atoms in total. The van der Waals surface area contributed by atoms with Gasteiger partial charge >= 0.3 is 0 Å². The van der Waals surface area contributed by atoms with Crippen LogP contribution in [0.2, 0.25) is 5.02 Å². The molecule has 0 spiro atoms. The highest BCUT2D eigenvalue weighted by atomic mass is 35.5. The maximum absolute atomic E-state index is 13.0. The van der Waals surface area contributed by atoms with Crippen molar-refractivity contribution in [3.05, 3.63) is 57.7 Å². The molecule has 9 heteroatoms. The van der Waals surface area contributed by atoms with Gasteiger partial charge in [-0.05, 0) is 61.9 Å². The zero-order valence-electron chi connectivity index (χ0n) is 22.7. The van der Waals surface area contributed by atoms with Gasteiger partial charge in [-0.25, -0.2) is 4.98 Å². The zero-order valence-corrected chi connectivity index (χ0v) is 23.5. The van der Waals surface area contributed by atoms with E-state index in [1.165, 1.54) is 11.1 Å². The summed E-state index contributed by atoms with van der Waals surface area (Å²) in [5.41, 5.74) is 3.85. The number of ether oxygens (including phenoxy) is 1. The number of pyridine rings is 1. The number of epoxide rings is 1. The third-order valence-electron chi connectivity index (χ3n) is 7.95. The summed E-state index contributed by atoms with van der Waals surface area (Å²) < 4.78 is 6.03. The number of halogens is 1. The highest BCUT2D eigenvalue weighted by molar-refractivity contribution is 6.31. The normalized spacial score (nSPS) is 24.1. The van der Waals surface area contributed by atoms with Crippen molar-refractivity contribution in [1.82, 2.24) is 19.7 Å². The largest absolute Gasteiger partial charge is 0.346 e. The molecule has 1 N–H and O–H groups in total. The lowest BCUT2D eigenvalue weighted by molar-refractivity contribution is -0.132. The lowest BCUT2D eigenvalue weighted by Crippen LogP contribution is -2.50. The number of hydrogen-bond donors (Lipinski definition) is 1. The zero-order chi connectivity index (χ0) is 27.0. The molecule has 3 atom stereocenters. The minimum Gasteiger partial charge on any atom is -0.346 e. The van der Waals surface area contributed by atoms with Crippen LogP contribution in [0.15, 0.2) is 30.3 Å². The number of rotatable bonds is 8. The Bertz CT molecular complexity index is 1200. The number of piperidine rings is 1. The standard InChI is InChI=1S/C29H38ClN5O3/c1-5-20-15-19(6-7-23(20)30)17-34-12-10-22(11-13-34)35-24(8-9-26(35)36)27-28(38-27)32-25-16-21(14-18(2)31-25)29(37)33(3)4/h6-7,14-16,22,24,27-28H,5,8-13,17H2,1-4H3,(H,31,32). The summed E-state index contributed by atoms with van der Waals surface area (Å²) in [4.78, 5) is 36.1. The lowest BCUT2D eigenvalue weighted by Gasteiger charge is -2.39. The number of nitrogens with zero attached hydrogens (tertiary/aromatic N) is 4. The predicted octanol–water partition coefficient (Wildman–Crippen LogP) is 4.10. The molecule has 0 radical (unpaired) electrons. The Balaban J connectivity index is 1.18. The fraction of sp³-hybridized carbons (Fsp3) is 0.552. The molecule has 1 aromatic heterocycles. The summed E-state index contributed by atoms with van der Waals surface area (Å²) in [5, 5.41) is 4.18. The fourth-order valence-electron chi connectivity index (χ4n) is 5.94. The number of nitrogens with one attached hydrogen (secondary N) is 1. The minimum absolute atomic E-state index is 0.0590. The molecule has 0 saturated carbocycles. The van der Waals surface area contributed by atoms with Gasteiger partial charge in [-0.1, -0.05) is 30.7 Å². The summed E-state index contributed by atoms with van der Waals surface area (Å²) in [6, 6.07) is 10.2. The molecular weight excluding hydrogens is 502 g/mol. The number of amides is 2. The molecule has 3 saturated heterocycles. The topological polar surface area (TPSA) is 81.3 Å². The van der Waals surface area contributed by atoms with E-state index in [1.54, 1.807) is 31.1 Å². The van der Waals surface area contributed by atoms with Crippen molar-refractivity contribution in [3.63, 3.8) is 0 Å². The van der Waals surface area contributed by atoms with Crippen LogP contribution in [-0.2, 0) is 22.5 Å². The van der Waals surface area contributed by atoms with Crippen molar-refractivity contribution >= 4 is 29.2 Å². The van der Waals surface area contributed by atoms with E-state index in [2.05, 4.69) is 39.2 Å². The van der Waals surface area contributed by atoms with Crippen LogP contribution in [0.4, 0.5) is 5.82 Å². The van der Waals surface area contributed by atoms with E-state index in [9.17, 15) is 9.59 Å². The molecule has 0 bridgehead atoms. The van der Waals surface area contributed by atoms with Gasteiger partial charge in [0.25, 0.3) is 5.91 Å². The maximum Gasteiger partial charge on any atom is 0.253 e. The van der Waals surface area contributed by atoms with Crippen molar-refractivity contribution in [3.8, 4) is 0 Å². The monoisotopic (exact) mass is 539 g/mol. The molecule has 204 valence electrons. The van der Waals surface area contributed by atoms with Crippen LogP contribution >= 0.6 is 11.6 Å². The number of aromatic nitrogens is 1. The Labute approximate surface area is 230 Å². The molecule has 4 heterocycles. The maximum atomic E-state index is 13.0.